The third-order valence-electron chi connectivity index (χ3n) is 0. The van der Waals surface area contributed by atoms with Crippen LogP contribution in [0.5, 0.6) is 0 Å². The molecule has 0 aliphatic heterocycles. The summed E-state index contributed by atoms with van der Waals surface area (Å²) in [5.41, 5.74) is 0. The molecule has 0 unspecified atom stereocenters. The van der Waals surface area contributed by atoms with Crippen molar-refractivity contribution in [3.8, 4) is 0 Å². The van der Waals surface area contributed by atoms with Gasteiger partial charge >= 0.3 is 26.2 Å². The molecule has 0 aromatic heterocycles. The molecule has 0 rings (SSSR count). The van der Waals surface area contributed by atoms with Crippen LogP contribution in [0.4, 0.5) is 0 Å². The largest absolute Gasteiger partial charge is 0 e. The zero-order chi connectivity index (χ0) is 4.50. The maximum atomic E-state index is 9.19. The van der Waals surface area contributed by atoms with E-state index in [2.05, 4.69) is 0 Å². The van der Waals surface area contributed by atoms with Crippen LogP contribution >= 0.6 is 0 Å². The summed E-state index contributed by atoms with van der Waals surface area (Å²) in [6.07, 6.45) is 0.715. The third kappa shape index (κ3) is 120. The molecule has 0 aliphatic carbocycles. The van der Waals surface area contributed by atoms with E-state index in [4.69, 9.17) is 4.55 Å². The molecule has 3 nitrogen and oxygen atoms in total. The van der Waals surface area contributed by atoms with E-state index in [-0.39, 0.29) is 43.3 Å². The van der Waals surface area contributed by atoms with Gasteiger partial charge in [-0.3, -0.25) is 4.55 Å². The van der Waals surface area contributed by atoms with Crippen LogP contribution in [0.2, 0.25) is 0 Å². The van der Waals surface area contributed by atoms with E-state index in [1.807, 2.05) is 0 Å². The molecule has 0 aliphatic rings. The summed E-state index contributed by atoms with van der Waals surface area (Å²) in [6.45, 7) is 0. The van der Waals surface area contributed by atoms with E-state index in [0.717, 1.165) is 0 Å². The van der Waals surface area contributed by atoms with Crippen molar-refractivity contribution in [2.24, 2.45) is 0 Å². The van der Waals surface area contributed by atoms with Crippen LogP contribution in [0.25, 0.3) is 0 Å². The first-order valence-electron chi connectivity index (χ1n) is 0.924. The molecule has 0 fully saturated rings. The molecule has 0 aromatic carbocycles. The van der Waals surface area contributed by atoms with E-state index in [0.29, 0.717) is 6.26 Å². The topological polar surface area (TPSA) is 54.4 Å². The van der Waals surface area contributed by atoms with E-state index >= 15 is 0 Å². The molecule has 0 amide bonds. The molecule has 7 heavy (non-hydrogen) atoms. The summed E-state index contributed by atoms with van der Waals surface area (Å²) in [7, 11) is -3.67. The van der Waals surface area contributed by atoms with Crippen molar-refractivity contribution in [2.45, 2.75) is 0 Å². The molecule has 0 aromatic rings. The van der Waals surface area contributed by atoms with Gasteiger partial charge in [0.1, 0.15) is 0 Å². The van der Waals surface area contributed by atoms with Crippen LogP contribution in [0, 0.1) is 0 Å². The molecule has 1 radical (unpaired) electrons. The van der Waals surface area contributed by atoms with Crippen LogP contribution in [-0.4, -0.2) is 45.4 Å². The predicted octanol–water partition coefficient (Wildman–Crippen LogP) is -1.68. The zero-order valence-corrected chi connectivity index (χ0v) is 10.9. The van der Waals surface area contributed by atoms with Gasteiger partial charge in [-0.25, -0.2) is 0 Å². The Labute approximate surface area is 72.2 Å². The SMILES string of the molecule is CS(=O)(=O)O.[BiH3].[Cu]. The molecule has 0 saturated carbocycles. The smallest absolute Gasteiger partial charge is 0 e. The molecule has 0 spiro atoms. The maximum Gasteiger partial charge on any atom is 0 e. The molecule has 0 heterocycles. The number of hydrogen-bond acceptors (Lipinski definition) is 2. The summed E-state index contributed by atoms with van der Waals surface area (Å²) in [5.74, 6) is 0. The molecular formula is CH7BiCuO3S. The standard InChI is InChI=1S/CH4O3S.Bi.Cu.3H/c1-5(2,3)4;;;;;/h1H3,(H,2,3,4);;;;;. The van der Waals surface area contributed by atoms with Gasteiger partial charge in [-0.1, -0.05) is 0 Å². The predicted molar refractivity (Wildman–Crippen MR) is 27.4 cm³/mol. The van der Waals surface area contributed by atoms with E-state index in [1.54, 1.807) is 0 Å². The monoisotopic (exact) mass is 371 g/mol. The minimum atomic E-state index is -3.67. The van der Waals surface area contributed by atoms with E-state index in [9.17, 15) is 8.42 Å². The second kappa shape index (κ2) is 5.45. The van der Waals surface area contributed by atoms with Gasteiger partial charge in [-0.2, -0.15) is 8.42 Å². The first kappa shape index (κ1) is 15.7. The van der Waals surface area contributed by atoms with Gasteiger partial charge in [0.2, 0.25) is 0 Å². The van der Waals surface area contributed by atoms with Crippen LogP contribution in [0.1, 0.15) is 0 Å². The Morgan fingerprint density at radius 3 is 1.43 bits per heavy atom. The second-order valence-electron chi connectivity index (χ2n) is 0.733. The average molecular weight is 372 g/mol. The Bertz CT molecular complexity index is 98.1. The van der Waals surface area contributed by atoms with Crippen molar-refractivity contribution in [3.63, 3.8) is 0 Å². The first-order chi connectivity index (χ1) is 2.00. The van der Waals surface area contributed by atoms with E-state index < -0.39 is 10.1 Å². The van der Waals surface area contributed by atoms with Gasteiger partial charge in [0.25, 0.3) is 10.1 Å². The average Bonchev–Trinajstić information content (AvgIpc) is 0.722. The fourth-order valence-electron chi connectivity index (χ4n) is 0. The van der Waals surface area contributed by atoms with Crippen LogP contribution < -0.4 is 0 Å². The van der Waals surface area contributed by atoms with Crippen LogP contribution in [0.3, 0.4) is 0 Å². The van der Waals surface area contributed by atoms with E-state index in [1.165, 1.54) is 0 Å². The van der Waals surface area contributed by atoms with Gasteiger partial charge < -0.3 is 0 Å². The molecule has 0 bridgehead atoms. The number of rotatable bonds is 0. The summed E-state index contributed by atoms with van der Waals surface area (Å²) in [4.78, 5) is 0. The van der Waals surface area contributed by atoms with Crippen molar-refractivity contribution < 1.29 is 30.0 Å². The van der Waals surface area contributed by atoms with Gasteiger partial charge in [-0.15, -0.1) is 0 Å². The Kier molecular flexibility index (Phi) is 12.3. The molecule has 1 N–H and O–H groups in total. The Morgan fingerprint density at radius 1 is 1.43 bits per heavy atom. The van der Waals surface area contributed by atoms with Crippen molar-refractivity contribution in [1.29, 1.82) is 0 Å². The van der Waals surface area contributed by atoms with Gasteiger partial charge in [0.15, 0.2) is 0 Å². The fourth-order valence-corrected chi connectivity index (χ4v) is 0. The van der Waals surface area contributed by atoms with Crippen molar-refractivity contribution >= 4 is 36.3 Å². The van der Waals surface area contributed by atoms with Crippen molar-refractivity contribution in [2.75, 3.05) is 6.26 Å². The molecule has 0 atom stereocenters. The molecular weight excluding hydrogens is 365 g/mol. The minimum absolute atomic E-state index is 0. The Hall–Kier alpha value is 1.31. The van der Waals surface area contributed by atoms with Crippen LogP contribution in [0.15, 0.2) is 0 Å². The van der Waals surface area contributed by atoms with Crippen molar-refractivity contribution in [3.05, 3.63) is 0 Å². The maximum absolute atomic E-state index is 9.19. The zero-order valence-electron chi connectivity index (χ0n) is 3.68. The van der Waals surface area contributed by atoms with Gasteiger partial charge in [-0.05, 0) is 0 Å². The number of hydrogen-bond donors (Lipinski definition) is 1. The third-order valence-corrected chi connectivity index (χ3v) is 0. The Morgan fingerprint density at radius 2 is 1.43 bits per heavy atom. The van der Waals surface area contributed by atoms with Crippen LogP contribution in [-0.2, 0) is 27.2 Å². The summed E-state index contributed by atoms with van der Waals surface area (Å²) >= 11 is 0. The minimum Gasteiger partial charge on any atom is 0 e. The summed E-state index contributed by atoms with van der Waals surface area (Å²) in [5, 5.41) is 0. The van der Waals surface area contributed by atoms with Gasteiger partial charge in [0.05, 0.1) is 6.26 Å². The quantitative estimate of drug-likeness (QED) is 0.409. The van der Waals surface area contributed by atoms with Crippen molar-refractivity contribution in [1.82, 2.24) is 0 Å². The first-order valence-corrected chi connectivity index (χ1v) is 2.77. The fraction of sp³-hybridized carbons (Fsp3) is 1.00. The molecule has 51 valence electrons. The molecule has 6 heteroatoms. The normalized spacial score (nSPS) is 8.29. The second-order valence-corrected chi connectivity index (χ2v) is 2.20. The Balaban J connectivity index is -0.0000000800. The summed E-state index contributed by atoms with van der Waals surface area (Å²) in [6, 6.07) is 0. The molecule has 0 saturated heterocycles. The summed E-state index contributed by atoms with van der Waals surface area (Å²) < 4.78 is 25.9. The van der Waals surface area contributed by atoms with Gasteiger partial charge in [0, 0.05) is 17.1 Å².